The summed E-state index contributed by atoms with van der Waals surface area (Å²) >= 11 is 0. The molecule has 0 amide bonds. The summed E-state index contributed by atoms with van der Waals surface area (Å²) in [7, 11) is 1.41. The Morgan fingerprint density at radius 2 is 2.00 bits per heavy atom. The lowest BCUT2D eigenvalue weighted by Crippen LogP contribution is -2.39. The fourth-order valence-electron chi connectivity index (χ4n) is 3.18. The molecule has 4 nitrogen and oxygen atoms in total. The van der Waals surface area contributed by atoms with Gasteiger partial charge in [0.15, 0.2) is 0 Å². The van der Waals surface area contributed by atoms with Gasteiger partial charge in [0.2, 0.25) is 0 Å². The first-order valence-corrected chi connectivity index (χ1v) is 6.93. The molecule has 2 aliphatic rings. The third kappa shape index (κ3) is 2.59. The van der Waals surface area contributed by atoms with Crippen LogP contribution in [0.2, 0.25) is 0 Å². The summed E-state index contributed by atoms with van der Waals surface area (Å²) in [6.07, 6.45) is 2.52. The second-order valence-corrected chi connectivity index (χ2v) is 5.46. The summed E-state index contributed by atoms with van der Waals surface area (Å²) in [6, 6.07) is 8.14. The largest absolute Gasteiger partial charge is 0.465 e. The van der Waals surface area contributed by atoms with Crippen molar-refractivity contribution in [3.8, 4) is 0 Å². The number of hydrogen-bond acceptors (Lipinski definition) is 4. The van der Waals surface area contributed by atoms with Crippen LogP contribution in [0.5, 0.6) is 0 Å². The van der Waals surface area contributed by atoms with E-state index in [0.717, 1.165) is 11.6 Å². The van der Waals surface area contributed by atoms with E-state index in [1.54, 1.807) is 0 Å². The molecule has 0 radical (unpaired) electrons. The van der Waals surface area contributed by atoms with Crippen LogP contribution in [0.1, 0.15) is 23.2 Å². The molecule has 19 heavy (non-hydrogen) atoms. The summed E-state index contributed by atoms with van der Waals surface area (Å²) in [5.74, 6) is 0.490. The highest BCUT2D eigenvalue weighted by Crippen LogP contribution is 2.29. The maximum absolute atomic E-state index is 11.4. The number of carbonyl (C=O) groups excluding carboxylic acids is 1. The molecule has 3 unspecified atom stereocenters. The predicted molar refractivity (Wildman–Crippen MR) is 74.4 cm³/mol. The Balaban J connectivity index is 1.65. The van der Waals surface area contributed by atoms with Crippen LogP contribution in [0.15, 0.2) is 24.3 Å². The van der Waals surface area contributed by atoms with E-state index in [-0.39, 0.29) is 5.97 Å². The molecule has 0 spiro atoms. The van der Waals surface area contributed by atoms with E-state index < -0.39 is 0 Å². The number of ether oxygens (including phenoxy) is 1. The number of carbonyl (C=O) groups is 1. The molecule has 0 aromatic heterocycles. The van der Waals surface area contributed by atoms with E-state index in [1.165, 1.54) is 39.6 Å². The Morgan fingerprint density at radius 3 is 2.74 bits per heavy atom. The molecule has 4 heteroatoms. The Bertz CT molecular complexity index is 458. The summed E-state index contributed by atoms with van der Waals surface area (Å²) in [4.78, 5) is 13.9. The molecule has 3 atom stereocenters. The van der Waals surface area contributed by atoms with Gasteiger partial charge < -0.3 is 15.0 Å². The van der Waals surface area contributed by atoms with Gasteiger partial charge in [0.1, 0.15) is 0 Å². The number of methoxy groups -OCH3 is 1. The lowest BCUT2D eigenvalue weighted by Gasteiger charge is -2.31. The van der Waals surface area contributed by atoms with Crippen LogP contribution in [0.25, 0.3) is 0 Å². The molecule has 1 aromatic carbocycles. The number of piperidine rings is 1. The van der Waals surface area contributed by atoms with Crippen LogP contribution in [0.3, 0.4) is 0 Å². The van der Waals surface area contributed by atoms with Crippen molar-refractivity contribution in [1.82, 2.24) is 4.90 Å². The first kappa shape index (κ1) is 12.5. The molecule has 2 bridgehead atoms. The van der Waals surface area contributed by atoms with Crippen molar-refractivity contribution in [2.45, 2.75) is 18.9 Å². The number of anilines is 1. The van der Waals surface area contributed by atoms with Crippen LogP contribution < -0.4 is 5.32 Å². The SMILES string of the molecule is COC(=O)c1ccc(NC2CCN3CCC2C3)cc1. The molecule has 1 aromatic rings. The van der Waals surface area contributed by atoms with Crippen molar-refractivity contribution >= 4 is 11.7 Å². The van der Waals surface area contributed by atoms with Crippen molar-refractivity contribution in [3.05, 3.63) is 29.8 Å². The van der Waals surface area contributed by atoms with E-state index in [1.807, 2.05) is 24.3 Å². The summed E-state index contributed by atoms with van der Waals surface area (Å²) in [5, 5.41) is 3.61. The third-order valence-corrected chi connectivity index (χ3v) is 4.29. The van der Waals surface area contributed by atoms with Crippen LogP contribution in [0, 0.1) is 5.92 Å². The van der Waals surface area contributed by atoms with E-state index in [4.69, 9.17) is 4.74 Å². The first-order chi connectivity index (χ1) is 9.26. The van der Waals surface area contributed by atoms with Gasteiger partial charge in [-0.1, -0.05) is 0 Å². The van der Waals surface area contributed by atoms with E-state index >= 15 is 0 Å². The highest BCUT2D eigenvalue weighted by atomic mass is 16.5. The zero-order chi connectivity index (χ0) is 13.2. The van der Waals surface area contributed by atoms with Crippen molar-refractivity contribution in [2.24, 2.45) is 5.92 Å². The number of hydrogen-bond donors (Lipinski definition) is 1. The molecule has 2 aliphatic heterocycles. The fourth-order valence-corrected chi connectivity index (χ4v) is 3.18. The lowest BCUT2D eigenvalue weighted by molar-refractivity contribution is 0.0601. The van der Waals surface area contributed by atoms with Crippen molar-refractivity contribution in [1.29, 1.82) is 0 Å². The van der Waals surface area contributed by atoms with E-state index in [2.05, 4.69) is 10.2 Å². The van der Waals surface area contributed by atoms with Crippen molar-refractivity contribution in [2.75, 3.05) is 32.1 Å². The molecule has 1 N–H and O–H groups in total. The van der Waals surface area contributed by atoms with Crippen molar-refractivity contribution < 1.29 is 9.53 Å². The number of nitrogens with one attached hydrogen (secondary N) is 1. The van der Waals surface area contributed by atoms with Gasteiger partial charge in [-0.2, -0.15) is 0 Å². The number of rotatable bonds is 3. The Kier molecular flexibility index (Phi) is 3.42. The second kappa shape index (κ2) is 5.21. The number of esters is 1. The fraction of sp³-hybridized carbons (Fsp3) is 0.533. The van der Waals surface area contributed by atoms with E-state index in [0.29, 0.717) is 11.6 Å². The lowest BCUT2D eigenvalue weighted by atomic mass is 9.94. The zero-order valence-electron chi connectivity index (χ0n) is 11.3. The molecule has 2 fully saturated rings. The topological polar surface area (TPSA) is 41.6 Å². The number of nitrogens with zero attached hydrogens (tertiary/aromatic N) is 1. The van der Waals surface area contributed by atoms with Gasteiger partial charge in [-0.3, -0.25) is 0 Å². The molecule has 3 rings (SSSR count). The monoisotopic (exact) mass is 260 g/mol. The predicted octanol–water partition coefficient (Wildman–Crippen LogP) is 1.98. The number of benzene rings is 1. The summed E-state index contributed by atoms with van der Waals surface area (Å²) < 4.78 is 4.70. The van der Waals surface area contributed by atoms with Gasteiger partial charge in [0.25, 0.3) is 0 Å². The summed E-state index contributed by atoms with van der Waals surface area (Å²) in [5.41, 5.74) is 1.70. The first-order valence-electron chi connectivity index (χ1n) is 6.93. The quantitative estimate of drug-likeness (QED) is 0.844. The molecule has 2 heterocycles. The van der Waals surface area contributed by atoms with Crippen LogP contribution in [0.4, 0.5) is 5.69 Å². The Morgan fingerprint density at radius 1 is 1.26 bits per heavy atom. The van der Waals surface area contributed by atoms with Gasteiger partial charge in [-0.15, -0.1) is 0 Å². The van der Waals surface area contributed by atoms with Gasteiger partial charge in [0, 0.05) is 24.8 Å². The second-order valence-electron chi connectivity index (χ2n) is 5.46. The van der Waals surface area contributed by atoms with Gasteiger partial charge in [-0.25, -0.2) is 4.79 Å². The van der Waals surface area contributed by atoms with E-state index in [9.17, 15) is 4.79 Å². The number of fused-ring (bicyclic) bond motifs is 2. The Hall–Kier alpha value is -1.55. The molecular formula is C15H20N2O2. The van der Waals surface area contributed by atoms with Crippen LogP contribution >= 0.6 is 0 Å². The maximum Gasteiger partial charge on any atom is 0.337 e. The molecule has 2 saturated heterocycles. The van der Waals surface area contributed by atoms with Crippen LogP contribution in [-0.2, 0) is 4.74 Å². The van der Waals surface area contributed by atoms with Crippen LogP contribution in [-0.4, -0.2) is 43.7 Å². The average molecular weight is 260 g/mol. The zero-order valence-corrected chi connectivity index (χ0v) is 11.3. The minimum absolute atomic E-state index is 0.282. The maximum atomic E-state index is 11.4. The van der Waals surface area contributed by atoms with Gasteiger partial charge in [0.05, 0.1) is 12.7 Å². The Labute approximate surface area is 113 Å². The molecule has 0 saturated carbocycles. The summed E-state index contributed by atoms with van der Waals surface area (Å²) in [6.45, 7) is 3.69. The molecular weight excluding hydrogens is 240 g/mol. The van der Waals surface area contributed by atoms with Gasteiger partial charge >= 0.3 is 5.97 Å². The third-order valence-electron chi connectivity index (χ3n) is 4.29. The minimum atomic E-state index is -0.282. The molecule has 102 valence electrons. The standard InChI is InChI=1S/C15H20N2O2/c1-19-15(18)11-2-4-13(5-3-11)16-14-7-9-17-8-6-12(14)10-17/h2-5,12,14,16H,6-10H2,1H3. The minimum Gasteiger partial charge on any atom is -0.465 e. The van der Waals surface area contributed by atoms with Crippen molar-refractivity contribution in [3.63, 3.8) is 0 Å². The molecule has 0 aliphatic carbocycles. The van der Waals surface area contributed by atoms with Gasteiger partial charge in [-0.05, 0) is 49.6 Å². The highest BCUT2D eigenvalue weighted by Gasteiger charge is 2.33. The average Bonchev–Trinajstić information content (AvgIpc) is 2.85. The normalized spacial score (nSPS) is 29.0. The smallest absolute Gasteiger partial charge is 0.337 e. The highest BCUT2D eigenvalue weighted by molar-refractivity contribution is 5.89.